The fourth-order valence-corrected chi connectivity index (χ4v) is 2.88. The Bertz CT molecular complexity index is 600. The normalized spacial score (nSPS) is 10.6. The lowest BCUT2D eigenvalue weighted by molar-refractivity contribution is 0.707. The highest BCUT2D eigenvalue weighted by Gasteiger charge is 2.05. The molecule has 0 aliphatic heterocycles. The Morgan fingerprint density at radius 1 is 1.44 bits per heavy atom. The molecule has 0 atom stereocenters. The quantitative estimate of drug-likeness (QED) is 0.861. The average Bonchev–Trinajstić information content (AvgIpc) is 2.58. The molecule has 0 bridgehead atoms. The van der Waals surface area contributed by atoms with E-state index in [0.717, 1.165) is 13.2 Å². The lowest BCUT2D eigenvalue weighted by Crippen LogP contribution is -2.34. The summed E-state index contributed by atoms with van der Waals surface area (Å²) in [6, 6.07) is 4.91. The van der Waals surface area contributed by atoms with Crippen LogP contribution in [0, 0.1) is 0 Å². The van der Waals surface area contributed by atoms with Crippen molar-refractivity contribution < 1.29 is 0 Å². The minimum Gasteiger partial charge on any atom is -0.298 e. The van der Waals surface area contributed by atoms with Crippen LogP contribution in [0.3, 0.4) is 0 Å². The summed E-state index contributed by atoms with van der Waals surface area (Å²) in [7, 11) is 0. The van der Waals surface area contributed by atoms with E-state index >= 15 is 0 Å². The third-order valence-electron chi connectivity index (χ3n) is 1.93. The van der Waals surface area contributed by atoms with E-state index in [1.165, 1.54) is 17.4 Å². The molecule has 0 fully saturated rings. The zero-order chi connectivity index (χ0) is 11.7. The van der Waals surface area contributed by atoms with Gasteiger partial charge >= 0.3 is 5.69 Å². The Kier molecular flexibility index (Phi) is 3.32. The van der Waals surface area contributed by atoms with Crippen molar-refractivity contribution in [2.24, 2.45) is 0 Å². The zero-order valence-corrected chi connectivity index (χ0v) is 11.0. The van der Waals surface area contributed by atoms with Crippen LogP contribution in [0.15, 0.2) is 31.6 Å². The third-order valence-corrected chi connectivity index (χ3v) is 3.74. The van der Waals surface area contributed by atoms with Crippen molar-refractivity contribution in [3.8, 4) is 0 Å². The number of thiophene rings is 1. The molecule has 84 valence electrons. The highest BCUT2D eigenvalue weighted by atomic mass is 79.9. The van der Waals surface area contributed by atoms with Gasteiger partial charge in [-0.1, -0.05) is 11.6 Å². The van der Waals surface area contributed by atoms with E-state index in [1.54, 1.807) is 0 Å². The van der Waals surface area contributed by atoms with Crippen LogP contribution in [0.2, 0.25) is 5.15 Å². The molecule has 0 unspecified atom stereocenters. The Hall–Kier alpha value is -0.850. The first kappa shape index (κ1) is 11.6. The van der Waals surface area contributed by atoms with Gasteiger partial charge in [-0.05, 0) is 28.1 Å². The summed E-state index contributed by atoms with van der Waals surface area (Å²) in [5.74, 6) is 0. The van der Waals surface area contributed by atoms with Crippen LogP contribution in [0.1, 0.15) is 4.88 Å². The first-order chi connectivity index (χ1) is 7.56. The first-order valence-corrected chi connectivity index (χ1v) is 6.29. The van der Waals surface area contributed by atoms with Gasteiger partial charge < -0.3 is 0 Å². The van der Waals surface area contributed by atoms with Crippen LogP contribution >= 0.6 is 38.9 Å². The predicted octanol–water partition coefficient (Wildman–Crippen LogP) is 2.06. The monoisotopic (exact) mass is 320 g/mol. The van der Waals surface area contributed by atoms with Crippen molar-refractivity contribution in [2.75, 3.05) is 0 Å². The smallest absolute Gasteiger partial charge is 0.298 e. The highest BCUT2D eigenvalue weighted by Crippen LogP contribution is 2.22. The molecule has 0 radical (unpaired) electrons. The molecular formula is C9H6BrClN2O2S. The van der Waals surface area contributed by atoms with Gasteiger partial charge in [0.1, 0.15) is 5.15 Å². The second-order valence-electron chi connectivity index (χ2n) is 3.05. The average molecular weight is 322 g/mol. The van der Waals surface area contributed by atoms with Gasteiger partial charge in [-0.15, -0.1) is 11.3 Å². The van der Waals surface area contributed by atoms with Crippen molar-refractivity contribution >= 4 is 38.9 Å². The number of hydrogen-bond acceptors (Lipinski definition) is 3. The molecule has 1 N–H and O–H groups in total. The van der Waals surface area contributed by atoms with Crippen molar-refractivity contribution in [1.82, 2.24) is 9.55 Å². The number of H-pyrrole nitrogens is 1. The van der Waals surface area contributed by atoms with Crippen LogP contribution in [0.25, 0.3) is 0 Å². The van der Waals surface area contributed by atoms with Crippen LogP contribution < -0.4 is 11.2 Å². The number of aromatic nitrogens is 2. The summed E-state index contributed by atoms with van der Waals surface area (Å²) in [5.41, 5.74) is -0.903. The second kappa shape index (κ2) is 4.57. The maximum absolute atomic E-state index is 11.5. The number of aromatic amines is 1. The van der Waals surface area contributed by atoms with Crippen molar-refractivity contribution in [3.05, 3.63) is 52.9 Å². The number of halogens is 2. The van der Waals surface area contributed by atoms with Gasteiger partial charge in [-0.2, -0.15) is 0 Å². The molecule has 4 nitrogen and oxygen atoms in total. The summed E-state index contributed by atoms with van der Waals surface area (Å²) in [6.07, 6.45) is 0. The van der Waals surface area contributed by atoms with Gasteiger partial charge in [0.2, 0.25) is 0 Å². The van der Waals surface area contributed by atoms with E-state index in [4.69, 9.17) is 11.6 Å². The molecule has 0 aromatic carbocycles. The SMILES string of the molecule is O=c1cc(Cl)[nH]c(=O)n1Cc1ccc(Br)s1. The molecular weight excluding hydrogens is 316 g/mol. The van der Waals surface area contributed by atoms with Crippen LogP contribution in [-0.2, 0) is 6.54 Å². The Balaban J connectivity index is 2.43. The molecule has 0 saturated carbocycles. The van der Waals surface area contributed by atoms with E-state index < -0.39 is 11.2 Å². The van der Waals surface area contributed by atoms with E-state index in [-0.39, 0.29) is 11.7 Å². The molecule has 2 aromatic rings. The molecule has 2 aromatic heterocycles. The maximum Gasteiger partial charge on any atom is 0.329 e. The molecule has 16 heavy (non-hydrogen) atoms. The highest BCUT2D eigenvalue weighted by molar-refractivity contribution is 9.11. The van der Waals surface area contributed by atoms with Crippen molar-refractivity contribution in [1.29, 1.82) is 0 Å². The summed E-state index contributed by atoms with van der Waals surface area (Å²) >= 11 is 10.3. The van der Waals surface area contributed by atoms with E-state index in [1.807, 2.05) is 12.1 Å². The summed E-state index contributed by atoms with van der Waals surface area (Å²) < 4.78 is 2.06. The standard InChI is InChI=1S/C9H6BrClN2O2S/c10-6-2-1-5(16-6)4-13-8(14)3-7(11)12-9(13)15/h1-3H,4H2,(H,12,15). The predicted molar refractivity (Wildman–Crippen MR) is 67.5 cm³/mol. The van der Waals surface area contributed by atoms with Crippen LogP contribution in [0.4, 0.5) is 0 Å². The molecule has 0 aliphatic carbocycles. The van der Waals surface area contributed by atoms with Crippen LogP contribution in [0.5, 0.6) is 0 Å². The van der Waals surface area contributed by atoms with E-state index in [9.17, 15) is 9.59 Å². The number of nitrogens with one attached hydrogen (secondary N) is 1. The summed E-state index contributed by atoms with van der Waals surface area (Å²) in [6.45, 7) is 0.252. The van der Waals surface area contributed by atoms with E-state index in [2.05, 4.69) is 20.9 Å². The lowest BCUT2D eigenvalue weighted by atomic mass is 10.4. The Morgan fingerprint density at radius 3 is 2.75 bits per heavy atom. The van der Waals surface area contributed by atoms with E-state index in [0.29, 0.717) is 0 Å². The molecule has 0 aliphatic rings. The minimum atomic E-state index is -0.498. The van der Waals surface area contributed by atoms with Gasteiger partial charge in [-0.25, -0.2) is 4.79 Å². The zero-order valence-electron chi connectivity index (χ0n) is 7.87. The fraction of sp³-hybridized carbons (Fsp3) is 0.111. The molecule has 2 rings (SSSR count). The molecule has 7 heteroatoms. The number of hydrogen-bond donors (Lipinski definition) is 1. The Morgan fingerprint density at radius 2 is 2.19 bits per heavy atom. The van der Waals surface area contributed by atoms with Gasteiger partial charge in [-0.3, -0.25) is 14.3 Å². The van der Waals surface area contributed by atoms with Crippen molar-refractivity contribution in [3.63, 3.8) is 0 Å². The largest absolute Gasteiger partial charge is 0.329 e. The molecule has 0 saturated heterocycles. The fourth-order valence-electron chi connectivity index (χ4n) is 1.23. The first-order valence-electron chi connectivity index (χ1n) is 4.30. The third kappa shape index (κ3) is 2.45. The minimum absolute atomic E-state index is 0.0543. The molecule has 2 heterocycles. The van der Waals surface area contributed by atoms with Crippen molar-refractivity contribution in [2.45, 2.75) is 6.54 Å². The molecule has 0 amide bonds. The van der Waals surface area contributed by atoms with Gasteiger partial charge in [0.15, 0.2) is 0 Å². The number of rotatable bonds is 2. The van der Waals surface area contributed by atoms with Gasteiger partial charge in [0, 0.05) is 10.9 Å². The Labute approximate surface area is 108 Å². The number of nitrogens with zero attached hydrogens (tertiary/aromatic N) is 1. The van der Waals surface area contributed by atoms with Gasteiger partial charge in [0.05, 0.1) is 10.3 Å². The maximum atomic E-state index is 11.5. The lowest BCUT2D eigenvalue weighted by Gasteiger charge is -2.01. The second-order valence-corrected chi connectivity index (χ2v) is 6.01. The van der Waals surface area contributed by atoms with Crippen LogP contribution in [-0.4, -0.2) is 9.55 Å². The topological polar surface area (TPSA) is 54.9 Å². The molecule has 0 spiro atoms. The summed E-state index contributed by atoms with van der Waals surface area (Å²) in [4.78, 5) is 26.3. The van der Waals surface area contributed by atoms with Gasteiger partial charge in [0.25, 0.3) is 5.56 Å². The summed E-state index contributed by atoms with van der Waals surface area (Å²) in [5, 5.41) is 0.0543.